The van der Waals surface area contributed by atoms with Crippen LogP contribution in [0.3, 0.4) is 0 Å². The van der Waals surface area contributed by atoms with Gasteiger partial charge in [-0.25, -0.2) is 0 Å². The van der Waals surface area contributed by atoms with Gasteiger partial charge in [0.15, 0.2) is 0 Å². The van der Waals surface area contributed by atoms with Gasteiger partial charge in [0.05, 0.1) is 12.8 Å². The summed E-state index contributed by atoms with van der Waals surface area (Å²) in [6.07, 6.45) is 3.50. The number of carbonyl (C=O) groups is 2. The van der Waals surface area contributed by atoms with Crippen molar-refractivity contribution in [2.45, 2.75) is 12.8 Å². The fourth-order valence-corrected chi connectivity index (χ4v) is 1.20. The second kappa shape index (κ2) is 5.85. The molecule has 5 nitrogen and oxygen atoms in total. The third-order valence-corrected chi connectivity index (χ3v) is 2.19. The summed E-state index contributed by atoms with van der Waals surface area (Å²) < 4.78 is 0. The molecular formula is C11H14N2O3. The van der Waals surface area contributed by atoms with E-state index in [0.717, 1.165) is 5.56 Å². The minimum atomic E-state index is -0.899. The molecule has 0 saturated heterocycles. The van der Waals surface area contributed by atoms with Crippen LogP contribution in [0.4, 0.5) is 0 Å². The van der Waals surface area contributed by atoms with Gasteiger partial charge in [-0.05, 0) is 17.7 Å². The van der Waals surface area contributed by atoms with Gasteiger partial charge >= 0.3 is 5.97 Å². The van der Waals surface area contributed by atoms with E-state index in [9.17, 15) is 9.59 Å². The Morgan fingerprint density at radius 1 is 1.38 bits per heavy atom. The molecule has 0 radical (unpaired) electrons. The lowest BCUT2D eigenvalue weighted by atomic mass is 10.2. The van der Waals surface area contributed by atoms with Crippen molar-refractivity contribution in [2.24, 2.45) is 0 Å². The number of rotatable bonds is 5. The smallest absolute Gasteiger partial charge is 0.305 e. The highest BCUT2D eigenvalue weighted by Gasteiger charge is 2.10. The summed E-state index contributed by atoms with van der Waals surface area (Å²) in [5, 5.41) is 8.49. The van der Waals surface area contributed by atoms with Crippen molar-refractivity contribution >= 4 is 11.9 Å². The molecule has 1 heterocycles. The molecule has 16 heavy (non-hydrogen) atoms. The van der Waals surface area contributed by atoms with Crippen LogP contribution in [0.25, 0.3) is 0 Å². The summed E-state index contributed by atoms with van der Waals surface area (Å²) in [6, 6.07) is 3.53. The Morgan fingerprint density at radius 3 is 2.56 bits per heavy atom. The standard InChI is InChI=1S/C11H14N2O3/c1-13(7-4-11(15)16)10(14)8-9-2-5-12-6-3-9/h2-3,5-6H,4,7-8H2,1H3,(H,15,16). The number of aromatic nitrogens is 1. The van der Waals surface area contributed by atoms with Gasteiger partial charge in [0.25, 0.3) is 0 Å². The fraction of sp³-hybridized carbons (Fsp3) is 0.364. The summed E-state index contributed by atoms with van der Waals surface area (Å²) in [5.41, 5.74) is 0.877. The molecular weight excluding hydrogens is 208 g/mol. The number of carbonyl (C=O) groups excluding carboxylic acids is 1. The Labute approximate surface area is 93.7 Å². The average molecular weight is 222 g/mol. The molecule has 0 aliphatic heterocycles. The van der Waals surface area contributed by atoms with E-state index in [1.54, 1.807) is 31.6 Å². The van der Waals surface area contributed by atoms with Gasteiger partial charge in [0.1, 0.15) is 0 Å². The zero-order valence-corrected chi connectivity index (χ0v) is 9.09. The van der Waals surface area contributed by atoms with Gasteiger partial charge in [0, 0.05) is 26.0 Å². The number of nitrogens with zero attached hydrogens (tertiary/aromatic N) is 2. The molecule has 5 heteroatoms. The normalized spacial score (nSPS) is 9.81. The molecule has 1 aromatic heterocycles. The van der Waals surface area contributed by atoms with Gasteiger partial charge in [-0.15, -0.1) is 0 Å². The summed E-state index contributed by atoms with van der Waals surface area (Å²) in [5.74, 6) is -0.990. The van der Waals surface area contributed by atoms with Crippen LogP contribution >= 0.6 is 0 Å². The highest BCUT2D eigenvalue weighted by Crippen LogP contribution is 2.00. The number of aliphatic carboxylic acids is 1. The quantitative estimate of drug-likeness (QED) is 0.790. The fourth-order valence-electron chi connectivity index (χ4n) is 1.20. The number of hydrogen-bond donors (Lipinski definition) is 1. The zero-order valence-electron chi connectivity index (χ0n) is 9.09. The predicted octanol–water partition coefficient (Wildman–Crippen LogP) is 0.557. The number of amides is 1. The van der Waals surface area contributed by atoms with Crippen LogP contribution in [-0.2, 0) is 16.0 Å². The molecule has 1 rings (SSSR count). The van der Waals surface area contributed by atoms with Crippen molar-refractivity contribution in [3.05, 3.63) is 30.1 Å². The Kier molecular flexibility index (Phi) is 4.44. The van der Waals surface area contributed by atoms with Gasteiger partial charge < -0.3 is 10.0 Å². The molecule has 0 atom stereocenters. The molecule has 0 aliphatic carbocycles. The van der Waals surface area contributed by atoms with Gasteiger partial charge in [0.2, 0.25) is 5.91 Å². The molecule has 0 aromatic carbocycles. The van der Waals surface area contributed by atoms with Crippen LogP contribution in [0.2, 0.25) is 0 Å². The Bertz CT molecular complexity index is 365. The monoisotopic (exact) mass is 222 g/mol. The first-order valence-corrected chi connectivity index (χ1v) is 4.94. The van der Waals surface area contributed by atoms with Crippen molar-refractivity contribution in [2.75, 3.05) is 13.6 Å². The molecule has 0 spiro atoms. The number of pyridine rings is 1. The third kappa shape index (κ3) is 4.08. The first-order chi connectivity index (χ1) is 7.59. The Balaban J connectivity index is 2.43. The lowest BCUT2D eigenvalue weighted by Crippen LogP contribution is -2.30. The minimum absolute atomic E-state index is 0.0292. The van der Waals surface area contributed by atoms with Gasteiger partial charge in [-0.2, -0.15) is 0 Å². The van der Waals surface area contributed by atoms with E-state index in [-0.39, 0.29) is 25.3 Å². The van der Waals surface area contributed by atoms with E-state index in [1.165, 1.54) is 4.90 Å². The van der Waals surface area contributed by atoms with Crippen LogP contribution < -0.4 is 0 Å². The van der Waals surface area contributed by atoms with E-state index in [0.29, 0.717) is 0 Å². The molecule has 0 aliphatic rings. The number of likely N-dealkylation sites (N-methyl/N-ethyl adjacent to an activating group) is 1. The van der Waals surface area contributed by atoms with E-state index in [4.69, 9.17) is 5.11 Å². The highest BCUT2D eigenvalue weighted by atomic mass is 16.4. The average Bonchev–Trinajstić information content (AvgIpc) is 2.27. The topological polar surface area (TPSA) is 70.5 Å². The van der Waals surface area contributed by atoms with Gasteiger partial charge in [-0.1, -0.05) is 0 Å². The maximum absolute atomic E-state index is 11.6. The summed E-state index contributed by atoms with van der Waals surface area (Å²) >= 11 is 0. The van der Waals surface area contributed by atoms with Crippen molar-refractivity contribution in [1.29, 1.82) is 0 Å². The van der Waals surface area contributed by atoms with Crippen molar-refractivity contribution in [1.82, 2.24) is 9.88 Å². The van der Waals surface area contributed by atoms with Crippen LogP contribution in [-0.4, -0.2) is 40.5 Å². The van der Waals surface area contributed by atoms with E-state index in [1.807, 2.05) is 0 Å². The highest BCUT2D eigenvalue weighted by molar-refractivity contribution is 5.79. The second-order valence-electron chi connectivity index (χ2n) is 3.49. The minimum Gasteiger partial charge on any atom is -0.481 e. The second-order valence-corrected chi connectivity index (χ2v) is 3.49. The Morgan fingerprint density at radius 2 is 2.00 bits per heavy atom. The van der Waals surface area contributed by atoms with Crippen LogP contribution in [0.5, 0.6) is 0 Å². The number of carboxylic acid groups (broad SMARTS) is 1. The van der Waals surface area contributed by atoms with E-state index < -0.39 is 5.97 Å². The lowest BCUT2D eigenvalue weighted by Gasteiger charge is -2.15. The molecule has 0 fully saturated rings. The van der Waals surface area contributed by atoms with Crippen LogP contribution in [0, 0.1) is 0 Å². The van der Waals surface area contributed by atoms with Crippen molar-refractivity contribution in [3.8, 4) is 0 Å². The predicted molar refractivity (Wildman–Crippen MR) is 57.8 cm³/mol. The summed E-state index contributed by atoms with van der Waals surface area (Å²) in [4.78, 5) is 27.3. The van der Waals surface area contributed by atoms with Crippen molar-refractivity contribution < 1.29 is 14.7 Å². The SMILES string of the molecule is CN(CCC(=O)O)C(=O)Cc1ccncc1. The summed E-state index contributed by atoms with van der Waals surface area (Å²) in [6.45, 7) is 0.235. The van der Waals surface area contributed by atoms with E-state index >= 15 is 0 Å². The van der Waals surface area contributed by atoms with Crippen LogP contribution in [0.1, 0.15) is 12.0 Å². The molecule has 0 saturated carbocycles. The first kappa shape index (κ1) is 12.2. The number of hydrogen-bond acceptors (Lipinski definition) is 3. The molecule has 1 N–H and O–H groups in total. The molecule has 86 valence electrons. The number of carboxylic acids is 1. The molecule has 0 unspecified atom stereocenters. The Hall–Kier alpha value is -1.91. The molecule has 0 bridgehead atoms. The maximum Gasteiger partial charge on any atom is 0.305 e. The molecule has 1 amide bonds. The third-order valence-electron chi connectivity index (χ3n) is 2.19. The first-order valence-electron chi connectivity index (χ1n) is 4.94. The van der Waals surface area contributed by atoms with Gasteiger partial charge in [-0.3, -0.25) is 14.6 Å². The van der Waals surface area contributed by atoms with E-state index in [2.05, 4.69) is 4.98 Å². The summed E-state index contributed by atoms with van der Waals surface area (Å²) in [7, 11) is 1.60. The zero-order chi connectivity index (χ0) is 12.0. The lowest BCUT2D eigenvalue weighted by molar-refractivity contribution is -0.138. The maximum atomic E-state index is 11.6. The van der Waals surface area contributed by atoms with Crippen LogP contribution in [0.15, 0.2) is 24.5 Å². The molecule has 1 aromatic rings. The largest absolute Gasteiger partial charge is 0.481 e. The van der Waals surface area contributed by atoms with Crippen molar-refractivity contribution in [3.63, 3.8) is 0 Å².